The van der Waals surface area contributed by atoms with Crippen LogP contribution in [0, 0.1) is 52.3 Å². The molecule has 0 radical (unpaired) electrons. The van der Waals surface area contributed by atoms with E-state index in [0.29, 0.717) is 30.1 Å². The van der Waals surface area contributed by atoms with Gasteiger partial charge in [0.15, 0.2) is 0 Å². The van der Waals surface area contributed by atoms with Crippen LogP contribution in [0.4, 0.5) is 0 Å². The van der Waals surface area contributed by atoms with Gasteiger partial charge in [-0.2, -0.15) is 0 Å². The van der Waals surface area contributed by atoms with Crippen LogP contribution < -0.4 is 0 Å². The van der Waals surface area contributed by atoms with E-state index in [1.165, 1.54) is 51.4 Å². The summed E-state index contributed by atoms with van der Waals surface area (Å²) >= 11 is 0. The highest BCUT2D eigenvalue weighted by molar-refractivity contribution is 5.87. The average molecular weight is 417 g/mol. The zero-order valence-corrected chi connectivity index (χ0v) is 20.0. The van der Waals surface area contributed by atoms with Crippen molar-refractivity contribution in [1.29, 1.82) is 0 Å². The van der Waals surface area contributed by atoms with Crippen LogP contribution in [0.1, 0.15) is 105 Å². The molecule has 4 aliphatic rings. The van der Waals surface area contributed by atoms with Crippen molar-refractivity contribution < 1.29 is 14.3 Å². The van der Waals surface area contributed by atoms with Gasteiger partial charge in [-0.3, -0.25) is 9.59 Å². The summed E-state index contributed by atoms with van der Waals surface area (Å²) in [7, 11) is 0. The number of hydrogen-bond donors (Lipinski definition) is 0. The van der Waals surface area contributed by atoms with Gasteiger partial charge >= 0.3 is 11.9 Å². The van der Waals surface area contributed by atoms with E-state index in [0.717, 1.165) is 36.0 Å². The van der Waals surface area contributed by atoms with Crippen molar-refractivity contribution in [3.63, 3.8) is 0 Å². The van der Waals surface area contributed by atoms with Crippen LogP contribution in [0.2, 0.25) is 0 Å². The molecule has 0 aromatic heterocycles. The molecule has 0 amide bonds. The van der Waals surface area contributed by atoms with Gasteiger partial charge in [-0.1, -0.05) is 53.9 Å². The molecule has 1 heterocycles. The van der Waals surface area contributed by atoms with E-state index in [2.05, 4.69) is 34.6 Å². The average Bonchev–Trinajstić information content (AvgIpc) is 2.94. The summed E-state index contributed by atoms with van der Waals surface area (Å²) in [4.78, 5) is 24.5. The minimum absolute atomic E-state index is 0.0472. The molecule has 0 spiro atoms. The predicted octanol–water partition coefficient (Wildman–Crippen LogP) is 6.79. The van der Waals surface area contributed by atoms with E-state index in [-0.39, 0.29) is 17.4 Å². The van der Waals surface area contributed by atoms with Crippen LogP contribution in [0.5, 0.6) is 0 Å². The zero-order chi connectivity index (χ0) is 21.7. The smallest absolute Gasteiger partial charge is 0.314 e. The fraction of sp³-hybridized carbons (Fsp3) is 0.926. The Morgan fingerprint density at radius 1 is 0.900 bits per heavy atom. The Labute approximate surface area is 184 Å². The summed E-state index contributed by atoms with van der Waals surface area (Å²) in [6.45, 7) is 12.1. The first-order chi connectivity index (χ1) is 14.1. The van der Waals surface area contributed by atoms with Crippen LogP contribution >= 0.6 is 0 Å². The number of hydrogen-bond acceptors (Lipinski definition) is 3. The molecule has 170 valence electrons. The second-order valence-electron chi connectivity index (χ2n) is 12.4. The number of carbonyl (C=O) groups is 2. The van der Waals surface area contributed by atoms with Gasteiger partial charge in [0.25, 0.3) is 0 Å². The quantitative estimate of drug-likeness (QED) is 0.366. The third-order valence-electron chi connectivity index (χ3n) is 10.4. The lowest BCUT2D eigenvalue weighted by molar-refractivity contribution is -0.159. The van der Waals surface area contributed by atoms with E-state index < -0.39 is 0 Å². The summed E-state index contributed by atoms with van der Waals surface area (Å²) in [6.07, 6.45) is 12.7. The van der Waals surface area contributed by atoms with Crippen molar-refractivity contribution in [3.8, 4) is 0 Å². The van der Waals surface area contributed by atoms with Gasteiger partial charge in [0.05, 0.1) is 6.42 Å². The van der Waals surface area contributed by atoms with E-state index >= 15 is 0 Å². The standard InChI is InChI=1S/C27H44O3/c1-17(2)7-6-8-18(3)21-11-12-22-20-10-9-19-15-24(28)30-25(29)16-27(19,5)23(20)13-14-26(21,22)4/h17-23H,6-16H2,1-5H3/t18-,19+,20-,21-,22+,23-,26-,27+/m1/s1. The number of carbonyl (C=O) groups excluding carboxylic acids is 2. The highest BCUT2D eigenvalue weighted by Crippen LogP contribution is 2.67. The Morgan fingerprint density at radius 3 is 2.37 bits per heavy atom. The molecule has 3 saturated carbocycles. The van der Waals surface area contributed by atoms with Gasteiger partial charge in [-0.15, -0.1) is 0 Å². The van der Waals surface area contributed by atoms with Gasteiger partial charge in [-0.05, 0) is 90.8 Å². The Morgan fingerprint density at radius 2 is 1.63 bits per heavy atom. The second kappa shape index (κ2) is 8.24. The first-order valence-corrected chi connectivity index (χ1v) is 12.9. The lowest BCUT2D eigenvalue weighted by Gasteiger charge is -2.58. The minimum atomic E-state index is -0.288. The van der Waals surface area contributed by atoms with E-state index in [9.17, 15) is 9.59 Å². The Bertz CT molecular complexity index is 669. The number of esters is 2. The van der Waals surface area contributed by atoms with Crippen LogP contribution in [0.15, 0.2) is 0 Å². The highest BCUT2D eigenvalue weighted by atomic mass is 16.6. The summed E-state index contributed by atoms with van der Waals surface area (Å²) in [5.41, 5.74) is 0.428. The Hall–Kier alpha value is -0.860. The van der Waals surface area contributed by atoms with E-state index in [4.69, 9.17) is 4.74 Å². The fourth-order valence-electron chi connectivity index (χ4n) is 8.89. The number of cyclic esters (lactones) is 2. The molecule has 0 bridgehead atoms. The largest absolute Gasteiger partial charge is 0.393 e. The van der Waals surface area contributed by atoms with Crippen molar-refractivity contribution in [2.75, 3.05) is 0 Å². The summed E-state index contributed by atoms with van der Waals surface area (Å²) in [5, 5.41) is 0. The Balaban J connectivity index is 1.50. The number of rotatable bonds is 5. The van der Waals surface area contributed by atoms with Crippen LogP contribution in [0.25, 0.3) is 0 Å². The molecule has 30 heavy (non-hydrogen) atoms. The van der Waals surface area contributed by atoms with Crippen molar-refractivity contribution in [1.82, 2.24) is 0 Å². The molecule has 0 N–H and O–H groups in total. The lowest BCUT2D eigenvalue weighted by Crippen LogP contribution is -2.52. The molecule has 3 aliphatic carbocycles. The predicted molar refractivity (Wildman–Crippen MR) is 120 cm³/mol. The second-order valence-corrected chi connectivity index (χ2v) is 12.4. The monoisotopic (exact) mass is 416 g/mol. The normalized spacial score (nSPS) is 44.7. The molecule has 3 nitrogen and oxygen atoms in total. The summed E-state index contributed by atoms with van der Waals surface area (Å²) in [5.74, 6) is 4.39. The molecule has 0 aromatic rings. The van der Waals surface area contributed by atoms with Crippen molar-refractivity contribution >= 4 is 11.9 Å². The van der Waals surface area contributed by atoms with Crippen LogP contribution in [0.3, 0.4) is 0 Å². The van der Waals surface area contributed by atoms with Gasteiger partial charge in [0, 0.05) is 6.42 Å². The molecular weight excluding hydrogens is 372 g/mol. The van der Waals surface area contributed by atoms with E-state index in [1.54, 1.807) is 0 Å². The number of ether oxygens (including phenoxy) is 1. The maximum atomic E-state index is 12.4. The van der Waals surface area contributed by atoms with Crippen LogP contribution in [-0.4, -0.2) is 11.9 Å². The Kier molecular flexibility index (Phi) is 6.14. The first-order valence-electron chi connectivity index (χ1n) is 12.9. The molecular formula is C27H44O3. The topological polar surface area (TPSA) is 43.4 Å². The molecule has 4 fully saturated rings. The molecule has 8 atom stereocenters. The van der Waals surface area contributed by atoms with Gasteiger partial charge < -0.3 is 4.74 Å². The van der Waals surface area contributed by atoms with Crippen molar-refractivity contribution in [2.45, 2.75) is 105 Å². The van der Waals surface area contributed by atoms with E-state index in [1.807, 2.05) is 0 Å². The first kappa shape index (κ1) is 22.3. The number of fused-ring (bicyclic) bond motifs is 5. The van der Waals surface area contributed by atoms with Gasteiger partial charge in [0.2, 0.25) is 0 Å². The molecule has 0 unspecified atom stereocenters. The molecule has 1 saturated heterocycles. The van der Waals surface area contributed by atoms with Gasteiger partial charge in [0.1, 0.15) is 0 Å². The maximum Gasteiger partial charge on any atom is 0.314 e. The lowest BCUT2D eigenvalue weighted by atomic mass is 9.46. The molecule has 3 heteroatoms. The third kappa shape index (κ3) is 3.77. The molecule has 4 rings (SSSR count). The maximum absolute atomic E-state index is 12.4. The highest BCUT2D eigenvalue weighted by Gasteiger charge is 2.61. The van der Waals surface area contributed by atoms with Crippen LogP contribution in [-0.2, 0) is 14.3 Å². The van der Waals surface area contributed by atoms with Crippen molar-refractivity contribution in [3.05, 3.63) is 0 Å². The summed E-state index contributed by atoms with van der Waals surface area (Å²) in [6, 6.07) is 0. The fourth-order valence-corrected chi connectivity index (χ4v) is 8.89. The SMILES string of the molecule is CC(C)CCC[C@@H](C)[C@H]1CC[C@H]2[C@H]3CC[C@H]4CC(=O)OC(=O)C[C@]4(C)[C@@H]3CC[C@]12C. The minimum Gasteiger partial charge on any atom is -0.393 e. The van der Waals surface area contributed by atoms with Crippen molar-refractivity contribution in [2.24, 2.45) is 52.3 Å². The zero-order valence-electron chi connectivity index (χ0n) is 20.0. The van der Waals surface area contributed by atoms with Gasteiger partial charge in [-0.25, -0.2) is 0 Å². The summed E-state index contributed by atoms with van der Waals surface area (Å²) < 4.78 is 5.08. The molecule has 0 aromatic carbocycles. The third-order valence-corrected chi connectivity index (χ3v) is 10.4. The molecule has 1 aliphatic heterocycles.